The zero-order valence-corrected chi connectivity index (χ0v) is 13.8. The molecular formula is C14H22ClNO3S. The van der Waals surface area contributed by atoms with Crippen LogP contribution in [0.5, 0.6) is 11.5 Å². The molecule has 114 valence electrons. The number of halogens is 1. The van der Waals surface area contributed by atoms with Gasteiger partial charge in [-0.2, -0.15) is 11.8 Å². The first-order valence-corrected chi connectivity index (χ1v) is 8.18. The summed E-state index contributed by atoms with van der Waals surface area (Å²) in [6.45, 7) is 2.80. The summed E-state index contributed by atoms with van der Waals surface area (Å²) in [5, 5.41) is 3.85. The molecule has 1 N–H and O–H groups in total. The zero-order valence-electron chi connectivity index (χ0n) is 12.2. The van der Waals surface area contributed by atoms with Crippen LogP contribution < -0.4 is 14.8 Å². The van der Waals surface area contributed by atoms with Crippen molar-refractivity contribution in [2.24, 2.45) is 0 Å². The maximum atomic E-state index is 6.27. The van der Waals surface area contributed by atoms with Gasteiger partial charge in [-0.15, -0.1) is 0 Å². The van der Waals surface area contributed by atoms with Crippen molar-refractivity contribution in [2.45, 2.75) is 6.54 Å². The number of methoxy groups -OCH3 is 2. The number of thioether (sulfide) groups is 1. The summed E-state index contributed by atoms with van der Waals surface area (Å²) in [6.07, 6.45) is 2.04. The second-order valence-electron chi connectivity index (χ2n) is 4.12. The molecule has 20 heavy (non-hydrogen) atoms. The van der Waals surface area contributed by atoms with E-state index in [0.29, 0.717) is 36.3 Å². The highest BCUT2D eigenvalue weighted by Gasteiger charge is 2.11. The van der Waals surface area contributed by atoms with E-state index >= 15 is 0 Å². The van der Waals surface area contributed by atoms with Crippen LogP contribution in [0.2, 0.25) is 5.02 Å². The normalized spacial score (nSPS) is 10.6. The van der Waals surface area contributed by atoms with E-state index in [1.165, 1.54) is 0 Å². The summed E-state index contributed by atoms with van der Waals surface area (Å²) in [5.74, 6) is 2.20. The Morgan fingerprint density at radius 1 is 1.25 bits per heavy atom. The quantitative estimate of drug-likeness (QED) is 0.671. The molecule has 0 aliphatic heterocycles. The van der Waals surface area contributed by atoms with Gasteiger partial charge in [0.25, 0.3) is 0 Å². The average molecular weight is 320 g/mol. The third-order valence-corrected chi connectivity index (χ3v) is 3.49. The Kier molecular flexibility index (Phi) is 8.85. The Morgan fingerprint density at radius 2 is 2.05 bits per heavy atom. The lowest BCUT2D eigenvalue weighted by atomic mass is 10.2. The first-order chi connectivity index (χ1) is 9.72. The van der Waals surface area contributed by atoms with Gasteiger partial charge in [0.1, 0.15) is 0 Å². The summed E-state index contributed by atoms with van der Waals surface area (Å²) < 4.78 is 16.0. The molecule has 4 nitrogen and oxygen atoms in total. The summed E-state index contributed by atoms with van der Waals surface area (Å²) >= 11 is 8.00. The van der Waals surface area contributed by atoms with Crippen LogP contribution in [0.25, 0.3) is 0 Å². The van der Waals surface area contributed by atoms with Crippen molar-refractivity contribution in [1.29, 1.82) is 0 Å². The van der Waals surface area contributed by atoms with E-state index in [9.17, 15) is 0 Å². The summed E-state index contributed by atoms with van der Waals surface area (Å²) in [5.41, 5.74) is 1.06. The molecule has 0 bridgehead atoms. The molecule has 0 amide bonds. The van der Waals surface area contributed by atoms with Crippen molar-refractivity contribution in [3.8, 4) is 11.5 Å². The van der Waals surface area contributed by atoms with E-state index in [1.807, 2.05) is 18.4 Å². The average Bonchev–Trinajstić information content (AvgIpc) is 2.45. The van der Waals surface area contributed by atoms with Crippen molar-refractivity contribution in [1.82, 2.24) is 5.32 Å². The van der Waals surface area contributed by atoms with Gasteiger partial charge in [-0.25, -0.2) is 0 Å². The lowest BCUT2D eigenvalue weighted by molar-refractivity contribution is 0.199. The third-order valence-electron chi connectivity index (χ3n) is 2.64. The molecule has 1 rings (SSSR count). The van der Waals surface area contributed by atoms with Crippen LogP contribution in [0, 0.1) is 0 Å². The molecule has 0 saturated carbocycles. The molecule has 0 aliphatic rings. The van der Waals surface area contributed by atoms with Gasteiger partial charge in [0.05, 0.1) is 25.3 Å². The molecular weight excluding hydrogens is 298 g/mol. The number of rotatable bonds is 10. The van der Waals surface area contributed by atoms with Gasteiger partial charge >= 0.3 is 0 Å². The van der Waals surface area contributed by atoms with E-state index in [4.69, 9.17) is 25.8 Å². The highest BCUT2D eigenvalue weighted by molar-refractivity contribution is 7.98. The molecule has 1 aromatic carbocycles. The van der Waals surface area contributed by atoms with Crippen LogP contribution in [0.1, 0.15) is 5.56 Å². The molecule has 0 aliphatic carbocycles. The van der Waals surface area contributed by atoms with Gasteiger partial charge in [-0.05, 0) is 24.0 Å². The maximum absolute atomic E-state index is 6.27. The summed E-state index contributed by atoms with van der Waals surface area (Å²) in [7, 11) is 3.30. The molecule has 0 unspecified atom stereocenters. The van der Waals surface area contributed by atoms with Gasteiger partial charge in [-0.3, -0.25) is 0 Å². The van der Waals surface area contributed by atoms with Crippen LogP contribution in [0.3, 0.4) is 0 Å². The minimum atomic E-state index is 0.578. The van der Waals surface area contributed by atoms with E-state index in [-0.39, 0.29) is 0 Å². The highest BCUT2D eigenvalue weighted by atomic mass is 35.5. The van der Waals surface area contributed by atoms with E-state index in [1.54, 1.807) is 26.0 Å². The Bertz CT molecular complexity index is 404. The van der Waals surface area contributed by atoms with Gasteiger partial charge in [-0.1, -0.05) is 11.6 Å². The predicted molar refractivity (Wildman–Crippen MR) is 85.5 cm³/mol. The van der Waals surface area contributed by atoms with Crippen molar-refractivity contribution < 1.29 is 14.2 Å². The maximum Gasteiger partial charge on any atom is 0.179 e. The van der Waals surface area contributed by atoms with Crippen LogP contribution >= 0.6 is 23.4 Å². The second kappa shape index (κ2) is 10.2. The zero-order chi connectivity index (χ0) is 14.8. The molecule has 0 heterocycles. The smallest absolute Gasteiger partial charge is 0.179 e. The molecule has 0 atom stereocenters. The summed E-state index contributed by atoms with van der Waals surface area (Å²) in [6, 6.07) is 3.85. The monoisotopic (exact) mass is 319 g/mol. The van der Waals surface area contributed by atoms with E-state index < -0.39 is 0 Å². The molecule has 0 radical (unpaired) electrons. The van der Waals surface area contributed by atoms with Gasteiger partial charge < -0.3 is 19.5 Å². The Morgan fingerprint density at radius 3 is 2.70 bits per heavy atom. The van der Waals surface area contributed by atoms with Crippen LogP contribution in [-0.2, 0) is 11.3 Å². The lowest BCUT2D eigenvalue weighted by Gasteiger charge is -2.14. The third kappa shape index (κ3) is 5.79. The fraction of sp³-hybridized carbons (Fsp3) is 0.571. The van der Waals surface area contributed by atoms with Crippen LogP contribution in [0.15, 0.2) is 12.1 Å². The number of nitrogens with one attached hydrogen (secondary N) is 1. The van der Waals surface area contributed by atoms with Crippen LogP contribution in [0.4, 0.5) is 0 Å². The summed E-state index contributed by atoms with van der Waals surface area (Å²) in [4.78, 5) is 0. The largest absolute Gasteiger partial charge is 0.493 e. The Hall–Kier alpha value is -0.620. The molecule has 0 aromatic heterocycles. The lowest BCUT2D eigenvalue weighted by Crippen LogP contribution is -2.18. The van der Waals surface area contributed by atoms with Crippen molar-refractivity contribution >= 4 is 23.4 Å². The van der Waals surface area contributed by atoms with Crippen molar-refractivity contribution in [3.63, 3.8) is 0 Å². The molecule has 0 fully saturated rings. The number of benzene rings is 1. The predicted octanol–water partition coefficient (Wildman–Crippen LogP) is 2.83. The van der Waals surface area contributed by atoms with E-state index in [2.05, 4.69) is 5.32 Å². The second-order valence-corrected chi connectivity index (χ2v) is 5.51. The Labute approximate surface area is 130 Å². The first-order valence-electron chi connectivity index (χ1n) is 6.40. The minimum absolute atomic E-state index is 0.578. The molecule has 6 heteroatoms. The topological polar surface area (TPSA) is 39.7 Å². The molecule has 0 saturated heterocycles. The van der Waals surface area contributed by atoms with E-state index in [0.717, 1.165) is 17.9 Å². The molecule has 1 aromatic rings. The first kappa shape index (κ1) is 17.4. The van der Waals surface area contributed by atoms with Crippen molar-refractivity contribution in [2.75, 3.05) is 46.0 Å². The fourth-order valence-corrected chi connectivity index (χ4v) is 2.19. The van der Waals surface area contributed by atoms with Gasteiger partial charge in [0.15, 0.2) is 11.5 Å². The van der Waals surface area contributed by atoms with Crippen LogP contribution in [-0.4, -0.2) is 46.0 Å². The van der Waals surface area contributed by atoms with Gasteiger partial charge in [0.2, 0.25) is 0 Å². The number of hydrogen-bond acceptors (Lipinski definition) is 5. The fourth-order valence-electron chi connectivity index (χ4n) is 1.65. The Balaban J connectivity index is 2.68. The number of ether oxygens (including phenoxy) is 3. The number of hydrogen-bond donors (Lipinski definition) is 1. The van der Waals surface area contributed by atoms with Gasteiger partial charge in [0, 0.05) is 26.0 Å². The highest BCUT2D eigenvalue weighted by Crippen LogP contribution is 2.36. The minimum Gasteiger partial charge on any atom is -0.493 e. The standard InChI is InChI=1S/C14H22ClNO3S/c1-17-5-4-16-10-11-8-12(15)14(13(9-11)18-2)19-6-7-20-3/h8-9,16H,4-7,10H2,1-3H3. The van der Waals surface area contributed by atoms with Crippen molar-refractivity contribution in [3.05, 3.63) is 22.7 Å². The SMILES string of the molecule is COCCNCc1cc(Cl)c(OCCSC)c(OC)c1. The molecule has 0 spiro atoms.